The molecule has 1 N–H and O–H groups in total. The lowest BCUT2D eigenvalue weighted by molar-refractivity contribution is -0.149. The fourth-order valence-corrected chi connectivity index (χ4v) is 3.33. The van der Waals surface area contributed by atoms with Crippen LogP contribution in [0.2, 0.25) is 0 Å². The van der Waals surface area contributed by atoms with Crippen LogP contribution in [0, 0.1) is 11.6 Å². The Hall–Kier alpha value is -1.53. The summed E-state index contributed by atoms with van der Waals surface area (Å²) in [4.78, 5) is 12.4. The molecule has 0 bridgehead atoms. The number of nitrogens with one attached hydrogen (secondary N) is 1. The van der Waals surface area contributed by atoms with E-state index in [1.54, 1.807) is 0 Å². The van der Waals surface area contributed by atoms with Crippen molar-refractivity contribution in [2.75, 3.05) is 19.8 Å². The van der Waals surface area contributed by atoms with Crippen LogP contribution in [0.15, 0.2) is 18.2 Å². The first-order valence-electron chi connectivity index (χ1n) is 7.58. The summed E-state index contributed by atoms with van der Waals surface area (Å²) in [5.41, 5.74) is -1.04. The lowest BCUT2D eigenvalue weighted by Crippen LogP contribution is -2.51. The van der Waals surface area contributed by atoms with Crippen molar-refractivity contribution in [1.82, 2.24) is 5.32 Å². The zero-order chi connectivity index (χ0) is 15.6. The van der Waals surface area contributed by atoms with Crippen molar-refractivity contribution in [3.8, 4) is 0 Å². The molecule has 120 valence electrons. The molecular formula is C16H19F2NO3. The molecule has 3 rings (SSSR count). The second-order valence-corrected chi connectivity index (χ2v) is 5.81. The summed E-state index contributed by atoms with van der Waals surface area (Å²) in [6, 6.07) is 3.78. The van der Waals surface area contributed by atoms with Crippen LogP contribution in [0.4, 0.5) is 8.78 Å². The summed E-state index contributed by atoms with van der Waals surface area (Å²) in [6.45, 7) is 0.970. The number of amides is 1. The maximum atomic E-state index is 14.2. The van der Waals surface area contributed by atoms with Gasteiger partial charge in [-0.25, -0.2) is 8.78 Å². The quantitative estimate of drug-likeness (QED) is 0.931. The van der Waals surface area contributed by atoms with E-state index in [1.807, 2.05) is 0 Å². The highest BCUT2D eigenvalue weighted by atomic mass is 19.1. The summed E-state index contributed by atoms with van der Waals surface area (Å²) in [5.74, 6) is -1.62. The van der Waals surface area contributed by atoms with Crippen molar-refractivity contribution in [1.29, 1.82) is 0 Å². The predicted octanol–water partition coefficient (Wildman–Crippen LogP) is 2.27. The monoisotopic (exact) mass is 311 g/mol. The van der Waals surface area contributed by atoms with Gasteiger partial charge < -0.3 is 14.8 Å². The van der Waals surface area contributed by atoms with E-state index in [1.165, 1.54) is 18.2 Å². The lowest BCUT2D eigenvalue weighted by atomic mass is 9.87. The van der Waals surface area contributed by atoms with Gasteiger partial charge in [0.15, 0.2) is 6.10 Å². The third-order valence-corrected chi connectivity index (χ3v) is 4.37. The van der Waals surface area contributed by atoms with Crippen molar-refractivity contribution in [3.05, 3.63) is 35.4 Å². The van der Waals surface area contributed by atoms with Gasteiger partial charge in [0.05, 0.1) is 25.4 Å². The molecule has 1 aliphatic carbocycles. The Labute approximate surface area is 127 Å². The van der Waals surface area contributed by atoms with E-state index in [2.05, 4.69) is 5.32 Å². The molecule has 0 spiro atoms. The first-order valence-corrected chi connectivity index (χ1v) is 7.58. The summed E-state index contributed by atoms with van der Waals surface area (Å²) in [5, 5.41) is 2.84. The smallest absolute Gasteiger partial charge is 0.252 e. The Morgan fingerprint density at radius 3 is 2.45 bits per heavy atom. The fourth-order valence-electron chi connectivity index (χ4n) is 3.33. The molecule has 1 atom stereocenters. The van der Waals surface area contributed by atoms with Crippen LogP contribution < -0.4 is 5.32 Å². The number of halogens is 2. The van der Waals surface area contributed by atoms with Crippen LogP contribution in [0.1, 0.15) is 31.2 Å². The van der Waals surface area contributed by atoms with Crippen LogP contribution in [-0.2, 0) is 19.8 Å². The molecule has 0 aromatic heterocycles. The molecule has 4 nitrogen and oxygen atoms in total. The summed E-state index contributed by atoms with van der Waals surface area (Å²) < 4.78 is 39.0. The molecule has 0 unspecified atom stereocenters. The van der Waals surface area contributed by atoms with Gasteiger partial charge in [0.1, 0.15) is 11.6 Å². The van der Waals surface area contributed by atoms with E-state index in [0.29, 0.717) is 26.1 Å². The topological polar surface area (TPSA) is 47.6 Å². The average Bonchev–Trinajstić information content (AvgIpc) is 2.97. The van der Waals surface area contributed by atoms with Crippen molar-refractivity contribution in [2.45, 2.75) is 37.3 Å². The third-order valence-electron chi connectivity index (χ3n) is 4.37. The van der Waals surface area contributed by atoms with Gasteiger partial charge in [-0.05, 0) is 25.0 Å². The van der Waals surface area contributed by atoms with E-state index in [9.17, 15) is 13.6 Å². The van der Waals surface area contributed by atoms with Gasteiger partial charge in [0.2, 0.25) is 0 Å². The molecule has 6 heteroatoms. The van der Waals surface area contributed by atoms with Gasteiger partial charge >= 0.3 is 0 Å². The molecule has 2 fully saturated rings. The van der Waals surface area contributed by atoms with Gasteiger partial charge in [-0.2, -0.15) is 0 Å². The fraction of sp³-hybridized carbons (Fsp3) is 0.562. The molecule has 22 heavy (non-hydrogen) atoms. The second-order valence-electron chi connectivity index (χ2n) is 5.81. The molecule has 1 heterocycles. The first-order chi connectivity index (χ1) is 10.6. The zero-order valence-electron chi connectivity index (χ0n) is 12.2. The van der Waals surface area contributed by atoms with Gasteiger partial charge in [-0.1, -0.05) is 18.9 Å². The van der Waals surface area contributed by atoms with Crippen LogP contribution in [0.3, 0.4) is 0 Å². The first kappa shape index (κ1) is 15.4. The molecule has 1 aromatic rings. The number of benzene rings is 1. The number of hydrogen-bond acceptors (Lipinski definition) is 3. The minimum atomic E-state index is -0.993. The van der Waals surface area contributed by atoms with Crippen LogP contribution in [0.5, 0.6) is 0 Å². The van der Waals surface area contributed by atoms with E-state index in [0.717, 1.165) is 12.8 Å². The van der Waals surface area contributed by atoms with E-state index >= 15 is 0 Å². The molecular weight excluding hydrogens is 292 g/mol. The van der Waals surface area contributed by atoms with Crippen LogP contribution in [0.25, 0.3) is 0 Å². The van der Waals surface area contributed by atoms with Gasteiger partial charge in [-0.3, -0.25) is 4.79 Å². The molecule has 1 aromatic carbocycles. The van der Waals surface area contributed by atoms with Crippen molar-refractivity contribution in [2.24, 2.45) is 0 Å². The van der Waals surface area contributed by atoms with Crippen molar-refractivity contribution >= 4 is 5.91 Å². The molecule has 1 saturated heterocycles. The summed E-state index contributed by atoms with van der Waals surface area (Å²) in [6.07, 6.45) is 1.95. The average molecular weight is 311 g/mol. The van der Waals surface area contributed by atoms with Gasteiger partial charge in [0.25, 0.3) is 5.91 Å². The Morgan fingerprint density at radius 1 is 1.18 bits per heavy atom. The number of hydrogen-bond donors (Lipinski definition) is 1. The van der Waals surface area contributed by atoms with E-state index in [-0.39, 0.29) is 18.1 Å². The van der Waals surface area contributed by atoms with Gasteiger partial charge in [-0.15, -0.1) is 0 Å². The highest BCUT2D eigenvalue weighted by molar-refractivity contribution is 5.82. The maximum absolute atomic E-state index is 14.2. The molecule has 1 amide bonds. The molecule has 0 radical (unpaired) electrons. The SMILES string of the molecule is O=C(NC1(c2c(F)cccc2F)CCCC1)[C@H]1COCCO1. The lowest BCUT2D eigenvalue weighted by Gasteiger charge is -2.34. The minimum absolute atomic E-state index is 0.0439. The zero-order valence-corrected chi connectivity index (χ0v) is 12.2. The predicted molar refractivity (Wildman–Crippen MR) is 75.2 cm³/mol. The Balaban J connectivity index is 1.87. The Morgan fingerprint density at radius 2 is 1.86 bits per heavy atom. The molecule has 2 aliphatic rings. The maximum Gasteiger partial charge on any atom is 0.252 e. The second kappa shape index (κ2) is 6.30. The Bertz CT molecular complexity index is 532. The number of rotatable bonds is 3. The van der Waals surface area contributed by atoms with Gasteiger partial charge in [0, 0.05) is 5.56 Å². The van der Waals surface area contributed by atoms with Crippen LogP contribution in [-0.4, -0.2) is 31.8 Å². The largest absolute Gasteiger partial charge is 0.376 e. The van der Waals surface area contributed by atoms with Crippen molar-refractivity contribution in [3.63, 3.8) is 0 Å². The Kier molecular flexibility index (Phi) is 4.40. The van der Waals surface area contributed by atoms with E-state index in [4.69, 9.17) is 9.47 Å². The molecule has 1 saturated carbocycles. The van der Waals surface area contributed by atoms with Crippen LogP contribution >= 0.6 is 0 Å². The highest BCUT2D eigenvalue weighted by Crippen LogP contribution is 2.41. The van der Waals surface area contributed by atoms with Crippen molar-refractivity contribution < 1.29 is 23.0 Å². The number of ether oxygens (including phenoxy) is 2. The molecule has 1 aliphatic heterocycles. The summed E-state index contributed by atoms with van der Waals surface area (Å²) in [7, 11) is 0. The number of carbonyl (C=O) groups excluding carboxylic acids is 1. The summed E-state index contributed by atoms with van der Waals surface area (Å²) >= 11 is 0. The standard InChI is InChI=1S/C16H19F2NO3/c17-11-4-3-5-12(18)14(11)16(6-1-2-7-16)19-15(20)13-10-21-8-9-22-13/h3-5,13H,1-2,6-10H2,(H,19,20)/t13-/m1/s1. The third kappa shape index (κ3) is 2.85. The number of carbonyl (C=O) groups is 1. The normalized spacial score (nSPS) is 24.2. The minimum Gasteiger partial charge on any atom is -0.376 e. The van der Waals surface area contributed by atoms with E-state index < -0.39 is 23.3 Å². The highest BCUT2D eigenvalue weighted by Gasteiger charge is 2.42.